The van der Waals surface area contributed by atoms with Gasteiger partial charge in [-0.25, -0.2) is 0 Å². The van der Waals surface area contributed by atoms with Gasteiger partial charge in [0.1, 0.15) is 0 Å². The van der Waals surface area contributed by atoms with Crippen LogP contribution in [0.5, 0.6) is 0 Å². The van der Waals surface area contributed by atoms with Crippen molar-refractivity contribution < 1.29 is 24.0 Å². The van der Waals surface area contributed by atoms with E-state index in [4.69, 9.17) is 19.2 Å². The molecule has 0 rings (SSSR count). The van der Waals surface area contributed by atoms with E-state index in [-0.39, 0.29) is 0 Å². The highest BCUT2D eigenvalue weighted by molar-refractivity contribution is 6.46. The number of nitrogens with two attached hydrogens (primary N) is 1. The molecule has 1 amide bonds. The van der Waals surface area contributed by atoms with Crippen molar-refractivity contribution in [2.75, 3.05) is 0 Å². The molecule has 0 saturated heterocycles. The first-order valence-electron chi connectivity index (χ1n) is 2.08. The molecule has 6 nitrogen and oxygen atoms in total. The smallest absolute Gasteiger partial charge is 0.368 e. The van der Waals surface area contributed by atoms with Gasteiger partial charge in [-0.15, -0.1) is 0 Å². The lowest BCUT2D eigenvalue weighted by Gasteiger charge is -1.91. The number of hydrogen-bond donors (Lipinski definition) is 5. The van der Waals surface area contributed by atoms with Crippen molar-refractivity contribution in [1.82, 2.24) is 0 Å². The number of amides is 1. The molecular formula is C3H9NO5Si. The van der Waals surface area contributed by atoms with Crippen LogP contribution in [0.4, 0.5) is 0 Å². The Balaban J connectivity index is 0. The molecule has 0 fully saturated rings. The average Bonchev–Trinajstić information content (AvgIpc) is 1.61. The summed E-state index contributed by atoms with van der Waals surface area (Å²) < 4.78 is 0. The third kappa shape index (κ3) is 178. The molecule has 60 valence electrons. The zero-order valence-corrected chi connectivity index (χ0v) is 6.06. The lowest BCUT2D eigenvalue weighted by Crippen LogP contribution is -2.33. The Kier molecular flexibility index (Phi) is 6.10. The maximum Gasteiger partial charge on any atom is 0.668 e. The standard InChI is InChI=1S/C3H5NO.H4O4Si/c1-2-3(4)5;1-5(2,3)4/h2H,1H2,(H2,4,5);1-4H. The molecule has 0 heterocycles. The Morgan fingerprint density at radius 3 is 1.50 bits per heavy atom. The van der Waals surface area contributed by atoms with Crippen molar-refractivity contribution in [3.05, 3.63) is 12.7 Å². The lowest BCUT2D eigenvalue weighted by molar-refractivity contribution is -0.113. The van der Waals surface area contributed by atoms with Crippen LogP contribution in [-0.2, 0) is 4.79 Å². The van der Waals surface area contributed by atoms with Crippen LogP contribution in [0.15, 0.2) is 12.7 Å². The summed E-state index contributed by atoms with van der Waals surface area (Å²) in [4.78, 5) is 38.8. The number of carbonyl (C=O) groups is 1. The van der Waals surface area contributed by atoms with Crippen LogP contribution >= 0.6 is 0 Å². The SMILES string of the molecule is C=CC(N)=O.O[Si](O)(O)O. The van der Waals surface area contributed by atoms with E-state index >= 15 is 0 Å². The Morgan fingerprint density at radius 2 is 1.50 bits per heavy atom. The van der Waals surface area contributed by atoms with Gasteiger partial charge in [-0.2, -0.15) is 0 Å². The number of hydrogen-bond acceptors (Lipinski definition) is 5. The van der Waals surface area contributed by atoms with Gasteiger partial charge in [-0.1, -0.05) is 6.58 Å². The normalized spacial score (nSPS) is 9.20. The van der Waals surface area contributed by atoms with Gasteiger partial charge in [-0.3, -0.25) is 4.79 Å². The topological polar surface area (TPSA) is 124 Å². The van der Waals surface area contributed by atoms with E-state index in [2.05, 4.69) is 12.3 Å². The van der Waals surface area contributed by atoms with Crippen molar-refractivity contribution in [3.63, 3.8) is 0 Å². The van der Waals surface area contributed by atoms with Gasteiger partial charge in [0.05, 0.1) is 0 Å². The molecular weight excluding hydrogens is 158 g/mol. The molecule has 0 bridgehead atoms. The van der Waals surface area contributed by atoms with Crippen LogP contribution in [0.25, 0.3) is 0 Å². The minimum absolute atomic E-state index is 0.481. The molecule has 0 saturated carbocycles. The van der Waals surface area contributed by atoms with Crippen molar-refractivity contribution in [1.29, 1.82) is 0 Å². The van der Waals surface area contributed by atoms with E-state index in [9.17, 15) is 4.79 Å². The van der Waals surface area contributed by atoms with Crippen molar-refractivity contribution in [2.45, 2.75) is 0 Å². The fourth-order valence-electron chi connectivity index (χ4n) is 0. The molecule has 0 unspecified atom stereocenters. The summed E-state index contributed by atoms with van der Waals surface area (Å²) in [6.45, 7) is 3.09. The Bertz CT molecular complexity index is 113. The van der Waals surface area contributed by atoms with Crippen LogP contribution in [0.2, 0.25) is 0 Å². The molecule has 0 atom stereocenters. The first-order chi connectivity index (χ1) is 4.27. The molecule has 7 heteroatoms. The van der Waals surface area contributed by atoms with E-state index in [1.807, 2.05) is 0 Å². The van der Waals surface area contributed by atoms with Gasteiger partial charge in [0, 0.05) is 0 Å². The minimum atomic E-state index is -4.61. The van der Waals surface area contributed by atoms with Crippen LogP contribution in [0.1, 0.15) is 0 Å². The maximum absolute atomic E-state index is 9.47. The zero-order chi connectivity index (χ0) is 8.78. The van der Waals surface area contributed by atoms with E-state index in [0.29, 0.717) is 0 Å². The predicted octanol–water partition coefficient (Wildman–Crippen LogP) is -2.95. The van der Waals surface area contributed by atoms with Gasteiger partial charge < -0.3 is 24.9 Å². The molecule has 0 aliphatic heterocycles. The van der Waals surface area contributed by atoms with Gasteiger partial charge in [0.15, 0.2) is 0 Å². The Hall–Kier alpha value is -0.733. The fourth-order valence-corrected chi connectivity index (χ4v) is 0. The number of carbonyl (C=O) groups excluding carboxylic acids is 1. The zero-order valence-electron chi connectivity index (χ0n) is 5.06. The maximum atomic E-state index is 9.47. The van der Waals surface area contributed by atoms with Crippen LogP contribution in [0, 0.1) is 0 Å². The highest BCUT2D eigenvalue weighted by Crippen LogP contribution is 1.67. The summed E-state index contributed by atoms with van der Waals surface area (Å²) in [6, 6.07) is 0. The van der Waals surface area contributed by atoms with Gasteiger partial charge in [0.25, 0.3) is 0 Å². The van der Waals surface area contributed by atoms with E-state index in [1.165, 1.54) is 0 Å². The summed E-state index contributed by atoms with van der Waals surface area (Å²) >= 11 is 0. The molecule has 0 aliphatic rings. The van der Waals surface area contributed by atoms with Crippen molar-refractivity contribution in [2.24, 2.45) is 5.73 Å². The summed E-state index contributed by atoms with van der Waals surface area (Å²) in [5.41, 5.74) is 4.53. The van der Waals surface area contributed by atoms with Crippen LogP contribution in [0.3, 0.4) is 0 Å². The molecule has 0 aromatic carbocycles. The predicted molar refractivity (Wildman–Crippen MR) is 34.0 cm³/mol. The van der Waals surface area contributed by atoms with Crippen molar-refractivity contribution in [3.8, 4) is 0 Å². The molecule has 0 aliphatic carbocycles. The van der Waals surface area contributed by atoms with Crippen LogP contribution in [-0.4, -0.2) is 34.1 Å². The van der Waals surface area contributed by atoms with E-state index in [1.54, 1.807) is 0 Å². The fraction of sp³-hybridized carbons (Fsp3) is 0. The van der Waals surface area contributed by atoms with Gasteiger partial charge >= 0.3 is 9.05 Å². The summed E-state index contributed by atoms with van der Waals surface area (Å²) in [5, 5.41) is 0. The van der Waals surface area contributed by atoms with Gasteiger partial charge in [0.2, 0.25) is 5.91 Å². The van der Waals surface area contributed by atoms with Crippen LogP contribution < -0.4 is 5.73 Å². The second kappa shape index (κ2) is 5.08. The molecule has 0 spiro atoms. The Morgan fingerprint density at radius 1 is 1.40 bits per heavy atom. The first kappa shape index (κ1) is 12.0. The second-order valence-corrected chi connectivity index (χ2v) is 2.41. The lowest BCUT2D eigenvalue weighted by atomic mass is 10.6. The third-order valence-electron chi connectivity index (χ3n) is 0.201. The molecule has 0 aromatic heterocycles. The monoisotopic (exact) mass is 167 g/mol. The minimum Gasteiger partial charge on any atom is -0.368 e. The average molecular weight is 167 g/mol. The molecule has 6 N–H and O–H groups in total. The third-order valence-corrected chi connectivity index (χ3v) is 0.201. The van der Waals surface area contributed by atoms with E-state index < -0.39 is 15.0 Å². The quantitative estimate of drug-likeness (QED) is 0.211. The molecule has 0 aromatic rings. The first-order valence-corrected chi connectivity index (χ1v) is 3.87. The van der Waals surface area contributed by atoms with E-state index in [0.717, 1.165) is 6.08 Å². The second-order valence-electron chi connectivity index (χ2n) is 1.21. The summed E-state index contributed by atoms with van der Waals surface area (Å²) in [5.74, 6) is -0.481. The van der Waals surface area contributed by atoms with Crippen molar-refractivity contribution >= 4 is 15.0 Å². The largest absolute Gasteiger partial charge is 0.668 e. The summed E-state index contributed by atoms with van der Waals surface area (Å²) in [7, 11) is -4.61. The highest BCUT2D eigenvalue weighted by atomic mass is 28.4. The highest BCUT2D eigenvalue weighted by Gasteiger charge is 2.22. The summed E-state index contributed by atoms with van der Waals surface area (Å²) in [6.07, 6.45) is 1.06. The number of rotatable bonds is 1. The molecule has 10 heavy (non-hydrogen) atoms. The molecule has 0 radical (unpaired) electrons. The van der Waals surface area contributed by atoms with Gasteiger partial charge in [-0.05, 0) is 6.08 Å². The Labute approximate surface area is 58.3 Å². The number of primary amides is 1.